The van der Waals surface area contributed by atoms with E-state index < -0.39 is 0 Å². The van der Waals surface area contributed by atoms with Gasteiger partial charge in [0.05, 0.1) is 20.3 Å². The number of amides is 1. The summed E-state index contributed by atoms with van der Waals surface area (Å²) in [6, 6.07) is 19.6. The zero-order chi connectivity index (χ0) is 23.8. The van der Waals surface area contributed by atoms with E-state index in [1.54, 1.807) is 25.6 Å². The Hall–Kier alpha value is -3.03. The summed E-state index contributed by atoms with van der Waals surface area (Å²) in [6.07, 6.45) is 1.69. The van der Waals surface area contributed by atoms with Gasteiger partial charge in [-0.1, -0.05) is 30.3 Å². The molecule has 6 nitrogen and oxygen atoms in total. The van der Waals surface area contributed by atoms with E-state index in [1.165, 1.54) is 0 Å². The van der Waals surface area contributed by atoms with Gasteiger partial charge in [-0.05, 0) is 67.2 Å². The van der Waals surface area contributed by atoms with E-state index in [4.69, 9.17) is 14.2 Å². The lowest BCUT2D eigenvalue weighted by molar-refractivity contribution is -0.127. The predicted octanol–water partition coefficient (Wildman–Crippen LogP) is 4.76. The van der Waals surface area contributed by atoms with Gasteiger partial charge < -0.3 is 19.5 Å². The maximum atomic E-state index is 13.2. The Labute approximate surface area is 205 Å². The molecule has 0 spiro atoms. The fourth-order valence-corrected chi connectivity index (χ4v) is 5.07. The van der Waals surface area contributed by atoms with Crippen LogP contribution in [-0.4, -0.2) is 51.3 Å². The number of nitrogens with one attached hydrogen (secondary N) is 1. The van der Waals surface area contributed by atoms with Crippen molar-refractivity contribution in [2.75, 3.05) is 40.5 Å². The van der Waals surface area contributed by atoms with Crippen molar-refractivity contribution in [2.24, 2.45) is 5.92 Å². The molecule has 1 aliphatic heterocycles. The maximum absolute atomic E-state index is 13.2. The van der Waals surface area contributed by atoms with Crippen LogP contribution in [0.25, 0.3) is 0 Å². The van der Waals surface area contributed by atoms with Crippen molar-refractivity contribution in [3.8, 4) is 17.2 Å². The fourth-order valence-electron chi connectivity index (χ4n) is 4.27. The Balaban J connectivity index is 1.28. The molecule has 1 aromatic heterocycles. The van der Waals surface area contributed by atoms with Crippen LogP contribution in [0.2, 0.25) is 0 Å². The van der Waals surface area contributed by atoms with Crippen LogP contribution in [0, 0.1) is 5.92 Å². The second-order valence-corrected chi connectivity index (χ2v) is 9.32. The van der Waals surface area contributed by atoms with Crippen LogP contribution in [0.15, 0.2) is 66.0 Å². The fraction of sp³-hybridized carbons (Fsp3) is 0.370. The van der Waals surface area contributed by atoms with Gasteiger partial charge in [-0.25, -0.2) is 0 Å². The number of ether oxygens (including phenoxy) is 3. The highest BCUT2D eigenvalue weighted by Gasteiger charge is 2.27. The molecule has 0 radical (unpaired) electrons. The predicted molar refractivity (Wildman–Crippen MR) is 135 cm³/mol. The zero-order valence-corrected chi connectivity index (χ0v) is 20.6. The molecule has 180 valence electrons. The number of benzene rings is 2. The Morgan fingerprint density at radius 3 is 2.38 bits per heavy atom. The summed E-state index contributed by atoms with van der Waals surface area (Å²) in [5.74, 6) is 2.46. The highest BCUT2D eigenvalue weighted by atomic mass is 32.1. The number of para-hydroxylation sites is 2. The van der Waals surface area contributed by atoms with Crippen molar-refractivity contribution in [2.45, 2.75) is 18.9 Å². The van der Waals surface area contributed by atoms with Crippen LogP contribution in [-0.2, 0) is 4.79 Å². The molecule has 7 heteroatoms. The second kappa shape index (κ2) is 11.9. The smallest absolute Gasteiger partial charge is 0.223 e. The molecule has 2 aromatic carbocycles. The van der Waals surface area contributed by atoms with Gasteiger partial charge in [0, 0.05) is 17.3 Å². The van der Waals surface area contributed by atoms with Gasteiger partial charge in [0.15, 0.2) is 11.5 Å². The van der Waals surface area contributed by atoms with Gasteiger partial charge in [0.1, 0.15) is 12.4 Å². The van der Waals surface area contributed by atoms with Crippen LogP contribution in [0.1, 0.15) is 29.3 Å². The minimum absolute atomic E-state index is 0.0205. The number of thiophene rings is 1. The largest absolute Gasteiger partial charge is 0.497 e. The molecule has 34 heavy (non-hydrogen) atoms. The van der Waals surface area contributed by atoms with E-state index >= 15 is 0 Å². The monoisotopic (exact) mass is 480 g/mol. The van der Waals surface area contributed by atoms with E-state index in [9.17, 15) is 4.79 Å². The molecule has 3 aromatic rings. The molecule has 0 saturated carbocycles. The van der Waals surface area contributed by atoms with Crippen LogP contribution >= 0.6 is 11.3 Å². The lowest BCUT2D eigenvalue weighted by Crippen LogP contribution is -2.42. The van der Waals surface area contributed by atoms with Gasteiger partial charge in [-0.15, -0.1) is 11.3 Å². The lowest BCUT2D eigenvalue weighted by atomic mass is 9.94. The minimum Gasteiger partial charge on any atom is -0.497 e. The van der Waals surface area contributed by atoms with Crippen molar-refractivity contribution in [3.05, 3.63) is 76.5 Å². The van der Waals surface area contributed by atoms with Crippen molar-refractivity contribution < 1.29 is 19.0 Å². The molecule has 1 amide bonds. The van der Waals surface area contributed by atoms with Gasteiger partial charge in [0.2, 0.25) is 5.91 Å². The number of hydrogen-bond donors (Lipinski definition) is 1. The quantitative estimate of drug-likeness (QED) is 0.453. The molecule has 1 unspecified atom stereocenters. The average Bonchev–Trinajstić information content (AvgIpc) is 3.43. The third kappa shape index (κ3) is 6.10. The first kappa shape index (κ1) is 24.1. The first-order valence-corrected chi connectivity index (χ1v) is 12.5. The van der Waals surface area contributed by atoms with E-state index in [0.29, 0.717) is 6.61 Å². The van der Waals surface area contributed by atoms with E-state index in [1.807, 2.05) is 60.0 Å². The molecular formula is C27H32N2O4S. The number of carbonyl (C=O) groups is 1. The van der Waals surface area contributed by atoms with Crippen LogP contribution in [0.3, 0.4) is 0 Å². The van der Waals surface area contributed by atoms with E-state index in [2.05, 4.69) is 16.3 Å². The van der Waals surface area contributed by atoms with Crippen LogP contribution < -0.4 is 19.5 Å². The Bertz CT molecular complexity index is 1030. The summed E-state index contributed by atoms with van der Waals surface area (Å²) in [5, 5.41) is 5.35. The molecule has 4 rings (SSSR count). The maximum Gasteiger partial charge on any atom is 0.223 e. The van der Waals surface area contributed by atoms with E-state index in [0.717, 1.165) is 60.2 Å². The topological polar surface area (TPSA) is 60.0 Å². The normalized spacial score (nSPS) is 15.5. The molecule has 0 bridgehead atoms. The van der Waals surface area contributed by atoms with Crippen molar-refractivity contribution >= 4 is 17.2 Å². The Kier molecular flexibility index (Phi) is 8.44. The third-order valence-electron chi connectivity index (χ3n) is 6.26. The first-order valence-electron chi connectivity index (χ1n) is 11.6. The molecule has 1 N–H and O–H groups in total. The molecular weight excluding hydrogens is 448 g/mol. The van der Waals surface area contributed by atoms with E-state index in [-0.39, 0.29) is 17.9 Å². The number of nitrogens with zero attached hydrogens (tertiary/aromatic N) is 1. The summed E-state index contributed by atoms with van der Waals surface area (Å²) in [5.41, 5.74) is 1.06. The summed E-state index contributed by atoms with van der Waals surface area (Å²) in [6.45, 7) is 3.20. The lowest BCUT2D eigenvalue weighted by Gasteiger charge is -2.32. The van der Waals surface area contributed by atoms with Crippen molar-refractivity contribution in [1.82, 2.24) is 10.2 Å². The summed E-state index contributed by atoms with van der Waals surface area (Å²) in [4.78, 5) is 16.7. The number of methoxy groups -OCH3 is 2. The van der Waals surface area contributed by atoms with Crippen molar-refractivity contribution in [3.63, 3.8) is 0 Å². The van der Waals surface area contributed by atoms with Gasteiger partial charge in [0.25, 0.3) is 0 Å². The average molecular weight is 481 g/mol. The second-order valence-electron chi connectivity index (χ2n) is 8.35. The van der Waals surface area contributed by atoms with Crippen LogP contribution in [0.4, 0.5) is 0 Å². The van der Waals surface area contributed by atoms with Crippen molar-refractivity contribution in [1.29, 1.82) is 0 Å². The molecule has 1 fully saturated rings. The summed E-state index contributed by atoms with van der Waals surface area (Å²) in [7, 11) is 3.31. The molecule has 0 aliphatic carbocycles. The SMILES string of the molecule is COc1ccc(C(NC(=O)C2CCN(CCOc3ccccc3OC)CC2)c2cccs2)cc1. The standard InChI is InChI=1S/C27H32N2O4S/c1-31-22-11-9-20(10-12-22)26(25-8-5-19-34-25)28-27(30)21-13-15-29(16-14-21)17-18-33-24-7-4-3-6-23(24)32-2/h3-12,19,21,26H,13-18H2,1-2H3,(H,28,30). The third-order valence-corrected chi connectivity index (χ3v) is 7.19. The summed E-state index contributed by atoms with van der Waals surface area (Å²) < 4.78 is 16.5. The summed E-state index contributed by atoms with van der Waals surface area (Å²) >= 11 is 1.66. The first-order chi connectivity index (χ1) is 16.7. The van der Waals surface area contributed by atoms with Gasteiger partial charge >= 0.3 is 0 Å². The highest BCUT2D eigenvalue weighted by molar-refractivity contribution is 7.10. The number of rotatable bonds is 10. The number of carbonyl (C=O) groups excluding carboxylic acids is 1. The number of piperidine rings is 1. The Morgan fingerprint density at radius 1 is 1.00 bits per heavy atom. The van der Waals surface area contributed by atoms with Crippen LogP contribution in [0.5, 0.6) is 17.2 Å². The molecule has 1 saturated heterocycles. The number of hydrogen-bond acceptors (Lipinski definition) is 6. The Morgan fingerprint density at radius 2 is 1.74 bits per heavy atom. The van der Waals surface area contributed by atoms with Gasteiger partial charge in [-0.3, -0.25) is 9.69 Å². The minimum atomic E-state index is -0.148. The molecule has 2 heterocycles. The van der Waals surface area contributed by atoms with Gasteiger partial charge in [-0.2, -0.15) is 0 Å². The highest BCUT2D eigenvalue weighted by Crippen LogP contribution is 2.29. The number of likely N-dealkylation sites (tertiary alicyclic amines) is 1. The molecule has 1 aliphatic rings. The molecule has 1 atom stereocenters. The zero-order valence-electron chi connectivity index (χ0n) is 19.7.